The Bertz CT molecular complexity index is 887. The van der Waals surface area contributed by atoms with Crippen LogP contribution in [0.4, 0.5) is 5.82 Å². The third-order valence-corrected chi connectivity index (χ3v) is 3.89. The number of hydrogen-bond donors (Lipinski definition) is 2. The highest BCUT2D eigenvalue weighted by atomic mass is 16.5. The number of hydrogen-bond acceptors (Lipinski definition) is 5. The molecule has 1 aromatic carbocycles. The van der Waals surface area contributed by atoms with Crippen LogP contribution in [0.25, 0.3) is 16.9 Å². The SMILES string of the molecule is COc1ccc(-c2nc3cnccn3c2NCCC(=O)NC(C)C)cc1. The number of ether oxygens (including phenoxy) is 1. The van der Waals surface area contributed by atoms with E-state index in [1.807, 2.05) is 48.7 Å². The molecule has 0 saturated heterocycles. The fourth-order valence-electron chi connectivity index (χ4n) is 2.71. The summed E-state index contributed by atoms with van der Waals surface area (Å²) in [5.41, 5.74) is 2.51. The summed E-state index contributed by atoms with van der Waals surface area (Å²) in [7, 11) is 1.64. The van der Waals surface area contributed by atoms with Gasteiger partial charge in [0.1, 0.15) is 17.3 Å². The fourth-order valence-corrected chi connectivity index (χ4v) is 2.71. The van der Waals surface area contributed by atoms with E-state index in [9.17, 15) is 4.79 Å². The van der Waals surface area contributed by atoms with Gasteiger partial charge in [-0.1, -0.05) is 0 Å². The first-order valence-corrected chi connectivity index (χ1v) is 8.58. The van der Waals surface area contributed by atoms with Gasteiger partial charge >= 0.3 is 0 Å². The first-order valence-electron chi connectivity index (χ1n) is 8.58. The zero-order chi connectivity index (χ0) is 18.5. The molecule has 0 fully saturated rings. The molecule has 0 atom stereocenters. The quantitative estimate of drug-likeness (QED) is 0.683. The van der Waals surface area contributed by atoms with Gasteiger partial charge in [0, 0.05) is 37.0 Å². The first kappa shape index (κ1) is 17.7. The van der Waals surface area contributed by atoms with Gasteiger partial charge in [-0.05, 0) is 38.1 Å². The maximum atomic E-state index is 11.9. The van der Waals surface area contributed by atoms with Crippen molar-refractivity contribution in [2.24, 2.45) is 0 Å². The van der Waals surface area contributed by atoms with Gasteiger partial charge in [-0.3, -0.25) is 14.2 Å². The van der Waals surface area contributed by atoms with Gasteiger partial charge in [-0.2, -0.15) is 0 Å². The number of carbonyl (C=O) groups is 1. The Morgan fingerprint density at radius 1 is 1.27 bits per heavy atom. The van der Waals surface area contributed by atoms with Crippen LogP contribution < -0.4 is 15.4 Å². The second-order valence-corrected chi connectivity index (χ2v) is 6.24. The van der Waals surface area contributed by atoms with E-state index < -0.39 is 0 Å². The molecule has 2 heterocycles. The molecule has 136 valence electrons. The maximum Gasteiger partial charge on any atom is 0.221 e. The fraction of sp³-hybridized carbons (Fsp3) is 0.316. The Hall–Kier alpha value is -3.09. The van der Waals surface area contributed by atoms with Crippen molar-refractivity contribution in [3.05, 3.63) is 42.9 Å². The number of fused-ring (bicyclic) bond motifs is 1. The summed E-state index contributed by atoms with van der Waals surface area (Å²) in [6.07, 6.45) is 5.66. The van der Waals surface area contributed by atoms with Crippen LogP contribution in [0.1, 0.15) is 20.3 Å². The van der Waals surface area contributed by atoms with E-state index in [2.05, 4.69) is 20.6 Å². The van der Waals surface area contributed by atoms with Gasteiger partial charge < -0.3 is 15.4 Å². The van der Waals surface area contributed by atoms with E-state index in [1.54, 1.807) is 19.5 Å². The molecule has 7 nitrogen and oxygen atoms in total. The van der Waals surface area contributed by atoms with Gasteiger partial charge in [0.15, 0.2) is 5.65 Å². The molecule has 7 heteroatoms. The van der Waals surface area contributed by atoms with Crippen molar-refractivity contribution in [2.45, 2.75) is 26.3 Å². The molecule has 0 unspecified atom stereocenters. The lowest BCUT2D eigenvalue weighted by atomic mass is 10.1. The number of amides is 1. The number of nitrogens with zero attached hydrogens (tertiary/aromatic N) is 3. The summed E-state index contributed by atoms with van der Waals surface area (Å²) in [6, 6.07) is 7.86. The minimum Gasteiger partial charge on any atom is -0.497 e. The molecule has 2 N–H and O–H groups in total. The Kier molecular flexibility index (Phi) is 5.36. The molecular formula is C19H23N5O2. The second-order valence-electron chi connectivity index (χ2n) is 6.24. The van der Waals surface area contributed by atoms with E-state index in [0.29, 0.717) is 13.0 Å². The Morgan fingerprint density at radius 3 is 2.73 bits per heavy atom. The van der Waals surface area contributed by atoms with Crippen molar-refractivity contribution >= 4 is 17.4 Å². The molecule has 26 heavy (non-hydrogen) atoms. The molecule has 3 rings (SSSR count). The normalized spacial score (nSPS) is 10.9. The van der Waals surface area contributed by atoms with E-state index in [-0.39, 0.29) is 11.9 Å². The largest absolute Gasteiger partial charge is 0.497 e. The van der Waals surface area contributed by atoms with Crippen LogP contribution in [-0.4, -0.2) is 40.0 Å². The zero-order valence-electron chi connectivity index (χ0n) is 15.2. The third kappa shape index (κ3) is 3.93. The molecular weight excluding hydrogens is 330 g/mol. The molecule has 0 spiro atoms. The molecule has 0 bridgehead atoms. The summed E-state index contributed by atoms with van der Waals surface area (Å²) in [5.74, 6) is 1.65. The molecule has 1 amide bonds. The predicted octanol–water partition coefficient (Wildman–Crippen LogP) is 2.73. The number of aromatic nitrogens is 3. The standard InChI is InChI=1S/C19H23N5O2/c1-13(2)22-17(25)8-9-21-19-18(14-4-6-15(26-3)7-5-14)23-16-12-20-10-11-24(16)19/h4-7,10-13,21H,8-9H2,1-3H3,(H,22,25). The average molecular weight is 353 g/mol. The van der Waals surface area contributed by atoms with Gasteiger partial charge in [-0.25, -0.2) is 4.98 Å². The van der Waals surface area contributed by atoms with Crippen LogP contribution in [0.15, 0.2) is 42.9 Å². The highest BCUT2D eigenvalue weighted by molar-refractivity contribution is 5.79. The lowest BCUT2D eigenvalue weighted by Crippen LogP contribution is -2.31. The van der Waals surface area contributed by atoms with Crippen LogP contribution in [0.2, 0.25) is 0 Å². The summed E-state index contributed by atoms with van der Waals surface area (Å²) in [6.45, 7) is 4.41. The smallest absolute Gasteiger partial charge is 0.221 e. The average Bonchev–Trinajstić information content (AvgIpc) is 3.00. The number of methoxy groups -OCH3 is 1. The van der Waals surface area contributed by atoms with Crippen LogP contribution in [-0.2, 0) is 4.79 Å². The highest BCUT2D eigenvalue weighted by Gasteiger charge is 2.14. The van der Waals surface area contributed by atoms with Crippen LogP contribution in [0.5, 0.6) is 5.75 Å². The topological polar surface area (TPSA) is 80.6 Å². The van der Waals surface area contributed by atoms with Crippen molar-refractivity contribution in [1.82, 2.24) is 19.7 Å². The van der Waals surface area contributed by atoms with Crippen molar-refractivity contribution < 1.29 is 9.53 Å². The van der Waals surface area contributed by atoms with Gasteiger partial charge in [0.2, 0.25) is 5.91 Å². The van der Waals surface area contributed by atoms with E-state index >= 15 is 0 Å². The molecule has 2 aromatic heterocycles. The van der Waals surface area contributed by atoms with E-state index in [1.165, 1.54) is 0 Å². The first-order chi connectivity index (χ1) is 12.6. The summed E-state index contributed by atoms with van der Waals surface area (Å²) in [5, 5.41) is 6.24. The van der Waals surface area contributed by atoms with E-state index in [0.717, 1.165) is 28.5 Å². The summed E-state index contributed by atoms with van der Waals surface area (Å²) < 4.78 is 7.16. The molecule has 0 aliphatic heterocycles. The van der Waals surface area contributed by atoms with Crippen molar-refractivity contribution in [3.63, 3.8) is 0 Å². The predicted molar refractivity (Wildman–Crippen MR) is 101 cm³/mol. The Balaban J connectivity index is 1.86. The molecule has 3 aromatic rings. The molecule has 0 radical (unpaired) electrons. The van der Waals surface area contributed by atoms with Gasteiger partial charge in [0.05, 0.1) is 13.3 Å². The number of rotatable bonds is 7. The van der Waals surface area contributed by atoms with Gasteiger partial charge in [0.25, 0.3) is 0 Å². The van der Waals surface area contributed by atoms with Crippen molar-refractivity contribution in [1.29, 1.82) is 0 Å². The Morgan fingerprint density at radius 2 is 2.04 bits per heavy atom. The molecule has 0 aliphatic rings. The second kappa shape index (κ2) is 7.86. The summed E-state index contributed by atoms with van der Waals surface area (Å²) in [4.78, 5) is 20.7. The zero-order valence-corrected chi connectivity index (χ0v) is 15.2. The number of benzene rings is 1. The number of anilines is 1. The van der Waals surface area contributed by atoms with E-state index in [4.69, 9.17) is 4.74 Å². The minimum atomic E-state index is 0.0222. The third-order valence-electron chi connectivity index (χ3n) is 3.89. The number of nitrogens with one attached hydrogen (secondary N) is 2. The summed E-state index contributed by atoms with van der Waals surface area (Å²) >= 11 is 0. The van der Waals surface area contributed by atoms with Crippen LogP contribution >= 0.6 is 0 Å². The maximum absolute atomic E-state index is 11.9. The van der Waals surface area contributed by atoms with Crippen molar-refractivity contribution in [2.75, 3.05) is 19.0 Å². The molecule has 0 saturated carbocycles. The number of carbonyl (C=O) groups excluding carboxylic acids is 1. The van der Waals surface area contributed by atoms with Gasteiger partial charge in [-0.15, -0.1) is 0 Å². The van der Waals surface area contributed by atoms with Crippen molar-refractivity contribution in [3.8, 4) is 17.0 Å². The lowest BCUT2D eigenvalue weighted by Gasteiger charge is -2.11. The Labute approximate surface area is 152 Å². The minimum absolute atomic E-state index is 0.0222. The monoisotopic (exact) mass is 353 g/mol. The number of imidazole rings is 1. The highest BCUT2D eigenvalue weighted by Crippen LogP contribution is 2.29. The van der Waals surface area contributed by atoms with Crippen LogP contribution in [0.3, 0.4) is 0 Å². The van der Waals surface area contributed by atoms with Crippen LogP contribution in [0, 0.1) is 0 Å². The molecule has 0 aliphatic carbocycles. The lowest BCUT2D eigenvalue weighted by molar-refractivity contribution is -0.121.